The van der Waals surface area contributed by atoms with Gasteiger partial charge in [0.2, 0.25) is 0 Å². The van der Waals surface area contributed by atoms with Gasteiger partial charge in [-0.1, -0.05) is 11.6 Å². The lowest BCUT2D eigenvalue weighted by Gasteiger charge is -2.10. The molecule has 0 aliphatic carbocycles. The Labute approximate surface area is 134 Å². The van der Waals surface area contributed by atoms with Gasteiger partial charge in [0.1, 0.15) is 11.0 Å². The van der Waals surface area contributed by atoms with Crippen molar-refractivity contribution in [2.45, 2.75) is 32.4 Å². The van der Waals surface area contributed by atoms with E-state index in [0.717, 1.165) is 42.9 Å². The minimum Gasteiger partial charge on any atom is -0.377 e. The van der Waals surface area contributed by atoms with Crippen LogP contribution < -0.4 is 5.32 Å². The van der Waals surface area contributed by atoms with Crippen LogP contribution in [0.15, 0.2) is 24.3 Å². The number of nitrogens with one attached hydrogen (secondary N) is 1. The fourth-order valence-electron chi connectivity index (χ4n) is 2.65. The molecule has 0 radical (unpaired) electrons. The van der Waals surface area contributed by atoms with Crippen LogP contribution in [-0.4, -0.2) is 29.0 Å². The number of aromatic nitrogens is 2. The van der Waals surface area contributed by atoms with Crippen LogP contribution in [0.3, 0.4) is 0 Å². The summed E-state index contributed by atoms with van der Waals surface area (Å²) in [5.41, 5.74) is 2.58. The minimum absolute atomic E-state index is 0.276. The van der Waals surface area contributed by atoms with E-state index in [2.05, 4.69) is 10.4 Å². The molecular formula is C16H19ClFN3O. The van der Waals surface area contributed by atoms with E-state index in [9.17, 15) is 4.39 Å². The normalized spacial score (nSPS) is 18.0. The molecule has 1 aliphatic heterocycles. The Morgan fingerprint density at radius 1 is 1.41 bits per heavy atom. The smallest absolute Gasteiger partial charge is 0.137 e. The fourth-order valence-corrected chi connectivity index (χ4v) is 2.99. The topological polar surface area (TPSA) is 39.1 Å². The number of benzene rings is 1. The average molecular weight is 324 g/mol. The maximum Gasteiger partial charge on any atom is 0.137 e. The van der Waals surface area contributed by atoms with Gasteiger partial charge in [-0.3, -0.25) is 0 Å². The molecule has 118 valence electrons. The fraction of sp³-hybridized carbons (Fsp3) is 0.438. The summed E-state index contributed by atoms with van der Waals surface area (Å²) < 4.78 is 20.2. The maximum absolute atomic E-state index is 13.0. The molecule has 1 atom stereocenters. The van der Waals surface area contributed by atoms with Gasteiger partial charge in [-0.25, -0.2) is 9.07 Å². The predicted molar refractivity (Wildman–Crippen MR) is 83.9 cm³/mol. The molecule has 0 bridgehead atoms. The molecule has 3 rings (SSSR count). The summed E-state index contributed by atoms with van der Waals surface area (Å²) in [6.07, 6.45) is 2.54. The second-order valence-electron chi connectivity index (χ2n) is 5.51. The Bertz CT molecular complexity index is 636. The molecule has 0 spiro atoms. The highest BCUT2D eigenvalue weighted by Gasteiger charge is 2.17. The highest BCUT2D eigenvalue weighted by Crippen LogP contribution is 2.23. The van der Waals surface area contributed by atoms with E-state index in [0.29, 0.717) is 17.8 Å². The SMILES string of the molecule is Cc1nn(-c2ccc(F)cc2)c(Cl)c1CNCC1CCCO1. The molecule has 1 N–H and O–H groups in total. The number of hydrogen-bond donors (Lipinski definition) is 1. The van der Waals surface area contributed by atoms with Crippen molar-refractivity contribution in [3.63, 3.8) is 0 Å². The lowest BCUT2D eigenvalue weighted by atomic mass is 10.2. The van der Waals surface area contributed by atoms with E-state index in [1.807, 2.05) is 6.92 Å². The number of rotatable bonds is 5. The van der Waals surface area contributed by atoms with Crippen LogP contribution in [0.25, 0.3) is 5.69 Å². The number of hydrogen-bond acceptors (Lipinski definition) is 3. The van der Waals surface area contributed by atoms with Crippen LogP contribution in [0.5, 0.6) is 0 Å². The first-order valence-electron chi connectivity index (χ1n) is 7.47. The average Bonchev–Trinajstić information content (AvgIpc) is 3.11. The van der Waals surface area contributed by atoms with Crippen molar-refractivity contribution in [3.8, 4) is 5.69 Å². The summed E-state index contributed by atoms with van der Waals surface area (Å²) in [6.45, 7) is 4.24. The van der Waals surface area contributed by atoms with Gasteiger partial charge in [0.25, 0.3) is 0 Å². The Kier molecular flexibility index (Phi) is 4.76. The van der Waals surface area contributed by atoms with Crippen molar-refractivity contribution in [1.29, 1.82) is 0 Å². The van der Waals surface area contributed by atoms with Crippen LogP contribution in [-0.2, 0) is 11.3 Å². The highest BCUT2D eigenvalue weighted by molar-refractivity contribution is 6.30. The molecule has 1 aromatic carbocycles. The van der Waals surface area contributed by atoms with Crippen LogP contribution in [0, 0.1) is 12.7 Å². The number of aryl methyl sites for hydroxylation is 1. The minimum atomic E-state index is -0.276. The van der Waals surface area contributed by atoms with Crippen molar-refractivity contribution < 1.29 is 9.13 Å². The van der Waals surface area contributed by atoms with E-state index >= 15 is 0 Å². The largest absolute Gasteiger partial charge is 0.377 e. The number of halogens is 2. The third kappa shape index (κ3) is 3.32. The lowest BCUT2D eigenvalue weighted by Crippen LogP contribution is -2.26. The standard InChI is InChI=1S/C16H19ClFN3O/c1-11-15(10-19-9-14-3-2-8-22-14)16(17)21(20-11)13-6-4-12(18)5-7-13/h4-7,14,19H,2-3,8-10H2,1H3. The summed E-state index contributed by atoms with van der Waals surface area (Å²) in [5.74, 6) is -0.276. The molecular weight excluding hydrogens is 305 g/mol. The Balaban J connectivity index is 1.70. The van der Waals surface area contributed by atoms with Gasteiger partial charge >= 0.3 is 0 Å². The molecule has 1 aliphatic rings. The zero-order valence-electron chi connectivity index (χ0n) is 12.5. The summed E-state index contributed by atoms with van der Waals surface area (Å²) >= 11 is 6.43. The molecule has 4 nitrogen and oxygen atoms in total. The van der Waals surface area contributed by atoms with Crippen LogP contribution in [0.1, 0.15) is 24.1 Å². The first-order chi connectivity index (χ1) is 10.6. The van der Waals surface area contributed by atoms with Gasteiger partial charge in [0.05, 0.1) is 17.5 Å². The Morgan fingerprint density at radius 2 is 2.18 bits per heavy atom. The number of nitrogens with zero attached hydrogens (tertiary/aromatic N) is 2. The van der Waals surface area contributed by atoms with Gasteiger partial charge in [0.15, 0.2) is 0 Å². The van der Waals surface area contributed by atoms with Crippen molar-refractivity contribution in [1.82, 2.24) is 15.1 Å². The van der Waals surface area contributed by atoms with E-state index in [1.54, 1.807) is 16.8 Å². The summed E-state index contributed by atoms with van der Waals surface area (Å²) in [5, 5.41) is 8.39. The van der Waals surface area contributed by atoms with Crippen LogP contribution in [0.4, 0.5) is 4.39 Å². The molecule has 2 heterocycles. The van der Waals surface area contributed by atoms with Gasteiger partial charge in [-0.15, -0.1) is 0 Å². The Hall–Kier alpha value is -1.43. The molecule has 0 amide bonds. The number of ether oxygens (including phenoxy) is 1. The summed E-state index contributed by atoms with van der Waals surface area (Å²) in [7, 11) is 0. The zero-order valence-corrected chi connectivity index (χ0v) is 13.2. The zero-order chi connectivity index (χ0) is 15.5. The molecule has 1 saturated heterocycles. The van der Waals surface area contributed by atoms with Gasteiger partial charge in [-0.05, 0) is 44.0 Å². The van der Waals surface area contributed by atoms with E-state index in [1.165, 1.54) is 12.1 Å². The van der Waals surface area contributed by atoms with E-state index < -0.39 is 0 Å². The molecule has 6 heteroatoms. The van der Waals surface area contributed by atoms with Gasteiger partial charge in [0, 0.05) is 25.3 Å². The maximum atomic E-state index is 13.0. The molecule has 0 saturated carbocycles. The summed E-state index contributed by atoms with van der Waals surface area (Å²) in [6, 6.07) is 6.13. The van der Waals surface area contributed by atoms with Crippen molar-refractivity contribution in [2.24, 2.45) is 0 Å². The summed E-state index contributed by atoms with van der Waals surface area (Å²) in [4.78, 5) is 0. The molecule has 2 aromatic rings. The van der Waals surface area contributed by atoms with Crippen LogP contribution in [0.2, 0.25) is 5.15 Å². The monoisotopic (exact) mass is 323 g/mol. The second-order valence-corrected chi connectivity index (χ2v) is 5.87. The van der Waals surface area contributed by atoms with Gasteiger partial charge in [-0.2, -0.15) is 5.10 Å². The Morgan fingerprint density at radius 3 is 2.86 bits per heavy atom. The highest BCUT2D eigenvalue weighted by atomic mass is 35.5. The van der Waals surface area contributed by atoms with Crippen LogP contribution >= 0.6 is 11.6 Å². The third-order valence-electron chi connectivity index (χ3n) is 3.89. The second kappa shape index (κ2) is 6.77. The van der Waals surface area contributed by atoms with Crippen molar-refractivity contribution in [3.05, 3.63) is 46.5 Å². The first kappa shape index (κ1) is 15.5. The quantitative estimate of drug-likeness (QED) is 0.918. The van der Waals surface area contributed by atoms with Crippen molar-refractivity contribution >= 4 is 11.6 Å². The van der Waals surface area contributed by atoms with E-state index in [-0.39, 0.29) is 5.82 Å². The molecule has 22 heavy (non-hydrogen) atoms. The molecule has 1 aromatic heterocycles. The lowest BCUT2D eigenvalue weighted by molar-refractivity contribution is 0.110. The predicted octanol–water partition coefficient (Wildman–Crippen LogP) is 3.24. The molecule has 1 fully saturated rings. The third-order valence-corrected chi connectivity index (χ3v) is 4.28. The van der Waals surface area contributed by atoms with E-state index in [4.69, 9.17) is 16.3 Å². The molecule has 1 unspecified atom stereocenters. The van der Waals surface area contributed by atoms with Gasteiger partial charge < -0.3 is 10.1 Å². The first-order valence-corrected chi connectivity index (χ1v) is 7.85. The van der Waals surface area contributed by atoms with Crippen molar-refractivity contribution in [2.75, 3.05) is 13.2 Å².